The Bertz CT molecular complexity index is 453. The third-order valence-corrected chi connectivity index (χ3v) is 4.26. The van der Waals surface area contributed by atoms with Gasteiger partial charge in [-0.05, 0) is 47.5 Å². The average Bonchev–Trinajstić information content (AvgIpc) is 2.63. The van der Waals surface area contributed by atoms with Crippen molar-refractivity contribution in [2.24, 2.45) is 0 Å². The Kier molecular flexibility index (Phi) is 3.84. The Labute approximate surface area is 116 Å². The molecule has 1 saturated heterocycles. The fourth-order valence-corrected chi connectivity index (χ4v) is 2.58. The maximum absolute atomic E-state index is 10.4. The summed E-state index contributed by atoms with van der Waals surface area (Å²) >= 11 is 3.47. The van der Waals surface area contributed by atoms with Crippen LogP contribution in [-0.4, -0.2) is 30.0 Å². The number of nitrogen functional groups attached to an aromatic ring is 1. The van der Waals surface area contributed by atoms with Crippen LogP contribution in [-0.2, 0) is 4.74 Å². The van der Waals surface area contributed by atoms with E-state index in [0.717, 1.165) is 21.4 Å². The minimum Gasteiger partial charge on any atom is -0.398 e. The van der Waals surface area contributed by atoms with E-state index in [2.05, 4.69) is 21.2 Å². The minimum absolute atomic E-state index is 0.140. The summed E-state index contributed by atoms with van der Waals surface area (Å²) in [5.41, 5.74) is 7.74. The number of ether oxygens (including phenoxy) is 1. The SMILES string of the molecule is Cc1cc(NCC2(O)CCOC2C)c(Br)cc1N. The van der Waals surface area contributed by atoms with Gasteiger partial charge in [-0.1, -0.05) is 0 Å². The maximum atomic E-state index is 10.4. The van der Waals surface area contributed by atoms with E-state index in [1.54, 1.807) is 0 Å². The van der Waals surface area contributed by atoms with Gasteiger partial charge in [-0.15, -0.1) is 0 Å². The van der Waals surface area contributed by atoms with E-state index >= 15 is 0 Å². The summed E-state index contributed by atoms with van der Waals surface area (Å²) in [6, 6.07) is 3.85. The van der Waals surface area contributed by atoms with Crippen LogP contribution in [0.3, 0.4) is 0 Å². The van der Waals surface area contributed by atoms with E-state index < -0.39 is 5.60 Å². The molecule has 2 rings (SSSR count). The van der Waals surface area contributed by atoms with Gasteiger partial charge in [0.1, 0.15) is 5.60 Å². The number of nitrogens with one attached hydrogen (secondary N) is 1. The largest absolute Gasteiger partial charge is 0.398 e. The molecule has 1 aliphatic rings. The summed E-state index contributed by atoms with van der Waals surface area (Å²) in [6.45, 7) is 4.94. The smallest absolute Gasteiger partial charge is 0.110 e. The summed E-state index contributed by atoms with van der Waals surface area (Å²) in [7, 11) is 0. The number of aryl methyl sites for hydroxylation is 1. The molecule has 0 saturated carbocycles. The highest BCUT2D eigenvalue weighted by Gasteiger charge is 2.39. The standard InChI is InChI=1S/C13H19BrN2O2/c1-8-5-12(10(14)6-11(8)15)16-7-13(17)3-4-18-9(13)2/h5-6,9,16-17H,3-4,7,15H2,1-2H3. The van der Waals surface area contributed by atoms with Crippen molar-refractivity contribution in [3.63, 3.8) is 0 Å². The highest BCUT2D eigenvalue weighted by molar-refractivity contribution is 9.10. The van der Waals surface area contributed by atoms with E-state index in [1.807, 2.05) is 26.0 Å². The number of hydrogen-bond donors (Lipinski definition) is 3. The summed E-state index contributed by atoms with van der Waals surface area (Å²) < 4.78 is 6.31. The van der Waals surface area contributed by atoms with Gasteiger partial charge in [-0.25, -0.2) is 0 Å². The zero-order chi connectivity index (χ0) is 13.3. The van der Waals surface area contributed by atoms with Crippen LogP contribution in [0.25, 0.3) is 0 Å². The number of anilines is 2. The number of hydrogen-bond acceptors (Lipinski definition) is 4. The Hall–Kier alpha value is -0.780. The minimum atomic E-state index is -0.797. The number of halogens is 1. The van der Waals surface area contributed by atoms with Gasteiger partial charge in [-0.3, -0.25) is 0 Å². The highest BCUT2D eigenvalue weighted by Crippen LogP contribution is 2.30. The molecular weight excluding hydrogens is 296 g/mol. The van der Waals surface area contributed by atoms with Crippen molar-refractivity contribution in [2.75, 3.05) is 24.2 Å². The summed E-state index contributed by atoms with van der Waals surface area (Å²) in [6.07, 6.45) is 0.519. The maximum Gasteiger partial charge on any atom is 0.110 e. The molecule has 1 aromatic carbocycles. The molecule has 2 atom stereocenters. The lowest BCUT2D eigenvalue weighted by Gasteiger charge is -2.27. The molecule has 4 N–H and O–H groups in total. The van der Waals surface area contributed by atoms with Crippen molar-refractivity contribution in [2.45, 2.75) is 32.0 Å². The second kappa shape index (κ2) is 5.07. The van der Waals surface area contributed by atoms with E-state index in [9.17, 15) is 5.11 Å². The lowest BCUT2D eigenvalue weighted by atomic mass is 9.96. The fraction of sp³-hybridized carbons (Fsp3) is 0.538. The molecule has 0 amide bonds. The molecule has 4 nitrogen and oxygen atoms in total. The van der Waals surface area contributed by atoms with Crippen molar-refractivity contribution in [1.29, 1.82) is 0 Å². The van der Waals surface area contributed by atoms with Gasteiger partial charge in [0.25, 0.3) is 0 Å². The molecular formula is C13H19BrN2O2. The first kappa shape index (κ1) is 13.6. The predicted molar refractivity (Wildman–Crippen MR) is 76.8 cm³/mol. The predicted octanol–water partition coefficient (Wildman–Crippen LogP) is 2.29. The molecule has 1 aromatic rings. The van der Waals surface area contributed by atoms with Crippen molar-refractivity contribution in [3.8, 4) is 0 Å². The molecule has 0 radical (unpaired) electrons. The Morgan fingerprint density at radius 1 is 1.61 bits per heavy atom. The van der Waals surface area contributed by atoms with E-state index in [-0.39, 0.29) is 6.10 Å². The monoisotopic (exact) mass is 314 g/mol. The zero-order valence-electron chi connectivity index (χ0n) is 10.7. The van der Waals surface area contributed by atoms with Crippen LogP contribution in [0.2, 0.25) is 0 Å². The second-order valence-electron chi connectivity index (χ2n) is 4.91. The van der Waals surface area contributed by atoms with E-state index in [1.165, 1.54) is 0 Å². The van der Waals surface area contributed by atoms with Gasteiger partial charge >= 0.3 is 0 Å². The van der Waals surface area contributed by atoms with Crippen LogP contribution < -0.4 is 11.1 Å². The fourth-order valence-electron chi connectivity index (χ4n) is 2.08. The third-order valence-electron chi connectivity index (χ3n) is 3.60. The first-order chi connectivity index (χ1) is 8.42. The summed E-state index contributed by atoms with van der Waals surface area (Å²) in [5, 5.41) is 13.7. The Morgan fingerprint density at radius 3 is 2.94 bits per heavy atom. The van der Waals surface area contributed by atoms with Gasteiger partial charge in [0.05, 0.1) is 6.10 Å². The molecule has 18 heavy (non-hydrogen) atoms. The van der Waals surface area contributed by atoms with E-state index in [0.29, 0.717) is 19.6 Å². The van der Waals surface area contributed by atoms with Gasteiger partial charge in [0.2, 0.25) is 0 Å². The molecule has 2 unspecified atom stereocenters. The van der Waals surface area contributed by atoms with Crippen LogP contribution in [0.1, 0.15) is 18.9 Å². The van der Waals surface area contributed by atoms with Crippen LogP contribution in [0, 0.1) is 6.92 Å². The van der Waals surface area contributed by atoms with Crippen molar-refractivity contribution in [1.82, 2.24) is 0 Å². The number of rotatable bonds is 3. The highest BCUT2D eigenvalue weighted by atomic mass is 79.9. The van der Waals surface area contributed by atoms with Gasteiger partial charge in [0, 0.05) is 35.4 Å². The van der Waals surface area contributed by atoms with Gasteiger partial charge in [0.15, 0.2) is 0 Å². The van der Waals surface area contributed by atoms with Crippen LogP contribution >= 0.6 is 15.9 Å². The first-order valence-electron chi connectivity index (χ1n) is 6.06. The molecule has 100 valence electrons. The lowest BCUT2D eigenvalue weighted by Crippen LogP contribution is -2.43. The normalized spacial score (nSPS) is 27.4. The number of nitrogens with two attached hydrogens (primary N) is 1. The molecule has 5 heteroatoms. The average molecular weight is 315 g/mol. The molecule has 0 aromatic heterocycles. The number of benzene rings is 1. The van der Waals surface area contributed by atoms with Crippen molar-refractivity contribution >= 4 is 27.3 Å². The first-order valence-corrected chi connectivity index (χ1v) is 6.85. The lowest BCUT2D eigenvalue weighted by molar-refractivity contribution is -0.0176. The van der Waals surface area contributed by atoms with Crippen LogP contribution in [0.4, 0.5) is 11.4 Å². The van der Waals surface area contributed by atoms with Gasteiger partial charge < -0.3 is 20.9 Å². The molecule has 0 aliphatic carbocycles. The van der Waals surface area contributed by atoms with Crippen LogP contribution in [0.5, 0.6) is 0 Å². The van der Waals surface area contributed by atoms with Crippen LogP contribution in [0.15, 0.2) is 16.6 Å². The summed E-state index contributed by atoms with van der Waals surface area (Å²) in [5.74, 6) is 0. The number of aliphatic hydroxyl groups is 1. The van der Waals surface area contributed by atoms with Crippen molar-refractivity contribution in [3.05, 3.63) is 22.2 Å². The molecule has 0 bridgehead atoms. The van der Waals surface area contributed by atoms with E-state index in [4.69, 9.17) is 10.5 Å². The van der Waals surface area contributed by atoms with Crippen molar-refractivity contribution < 1.29 is 9.84 Å². The van der Waals surface area contributed by atoms with Gasteiger partial charge in [-0.2, -0.15) is 0 Å². The molecule has 1 aliphatic heterocycles. The second-order valence-corrected chi connectivity index (χ2v) is 5.76. The molecule has 1 heterocycles. The summed E-state index contributed by atoms with van der Waals surface area (Å²) in [4.78, 5) is 0. The third kappa shape index (κ3) is 2.63. The zero-order valence-corrected chi connectivity index (χ0v) is 12.3. The molecule has 1 fully saturated rings. The quantitative estimate of drug-likeness (QED) is 0.749. The Balaban J connectivity index is 2.09. The molecule has 0 spiro atoms. The Morgan fingerprint density at radius 2 is 2.33 bits per heavy atom. The topological polar surface area (TPSA) is 67.5 Å².